The monoisotopic (exact) mass is 413 g/mol. The van der Waals surface area contributed by atoms with Gasteiger partial charge in [0.2, 0.25) is 0 Å². The molecule has 27 heavy (non-hydrogen) atoms. The highest BCUT2D eigenvalue weighted by atomic mass is 32.1. The maximum absolute atomic E-state index is 9.61. The van der Waals surface area contributed by atoms with Crippen LogP contribution in [0.5, 0.6) is 0 Å². The summed E-state index contributed by atoms with van der Waals surface area (Å²) in [4.78, 5) is 10.9. The van der Waals surface area contributed by atoms with Gasteiger partial charge in [-0.15, -0.1) is 11.3 Å². The SMILES string of the molecule is C[C@H](O)CN1CCN(Cc2cnc([C@H](C)O[Si](C)(C)C(C)(C)C)s2)[C@H](C)C1. The molecule has 0 saturated carbocycles. The number of aromatic nitrogens is 1. The molecule has 1 aromatic rings. The van der Waals surface area contributed by atoms with Crippen LogP contribution in [0.3, 0.4) is 0 Å². The van der Waals surface area contributed by atoms with Crippen molar-refractivity contribution in [3.63, 3.8) is 0 Å². The molecule has 0 radical (unpaired) electrons. The van der Waals surface area contributed by atoms with Crippen LogP contribution >= 0.6 is 11.3 Å². The molecule has 3 atom stereocenters. The molecule has 5 nitrogen and oxygen atoms in total. The van der Waals surface area contributed by atoms with Gasteiger partial charge in [0.15, 0.2) is 8.32 Å². The lowest BCUT2D eigenvalue weighted by Gasteiger charge is -2.40. The molecule has 1 aliphatic heterocycles. The summed E-state index contributed by atoms with van der Waals surface area (Å²) in [6, 6.07) is 0.490. The van der Waals surface area contributed by atoms with E-state index in [1.807, 2.05) is 13.1 Å². The zero-order valence-electron chi connectivity index (χ0n) is 18.5. The summed E-state index contributed by atoms with van der Waals surface area (Å²) in [7, 11) is -1.79. The van der Waals surface area contributed by atoms with Crippen molar-refractivity contribution in [1.29, 1.82) is 0 Å². The Kier molecular flexibility index (Phi) is 7.66. The highest BCUT2D eigenvalue weighted by Gasteiger charge is 2.39. The Labute approximate surface area is 170 Å². The van der Waals surface area contributed by atoms with Gasteiger partial charge in [0.25, 0.3) is 0 Å². The van der Waals surface area contributed by atoms with Gasteiger partial charge in [0, 0.05) is 49.8 Å². The molecule has 0 aromatic carbocycles. The number of rotatable bonds is 7. The first-order valence-electron chi connectivity index (χ1n) is 10.2. The maximum Gasteiger partial charge on any atom is 0.193 e. The van der Waals surface area contributed by atoms with Crippen molar-refractivity contribution < 1.29 is 9.53 Å². The van der Waals surface area contributed by atoms with Crippen LogP contribution in [-0.4, -0.2) is 66.5 Å². The number of β-amino-alcohol motifs (C(OH)–C–C–N with tert-alkyl or cyclic N) is 1. The van der Waals surface area contributed by atoms with Crippen molar-refractivity contribution in [2.75, 3.05) is 26.2 Å². The molecule has 0 aliphatic carbocycles. The molecule has 1 fully saturated rings. The second kappa shape index (κ2) is 9.01. The number of aliphatic hydroxyl groups is 1. The topological polar surface area (TPSA) is 48.8 Å². The molecule has 1 aliphatic rings. The van der Waals surface area contributed by atoms with Gasteiger partial charge in [-0.05, 0) is 38.9 Å². The van der Waals surface area contributed by atoms with Gasteiger partial charge in [-0.25, -0.2) is 4.98 Å². The van der Waals surface area contributed by atoms with Crippen molar-refractivity contribution in [3.05, 3.63) is 16.1 Å². The van der Waals surface area contributed by atoms with Crippen LogP contribution in [0, 0.1) is 0 Å². The minimum atomic E-state index is -1.79. The molecular formula is C20H39N3O2SSi. The lowest BCUT2D eigenvalue weighted by atomic mass is 10.1. The maximum atomic E-state index is 9.61. The molecule has 2 heterocycles. The fourth-order valence-electron chi connectivity index (χ4n) is 3.30. The molecule has 1 saturated heterocycles. The van der Waals surface area contributed by atoms with E-state index < -0.39 is 8.32 Å². The summed E-state index contributed by atoms with van der Waals surface area (Å²) in [5.74, 6) is 0. The van der Waals surface area contributed by atoms with Crippen LogP contribution in [0.1, 0.15) is 57.5 Å². The van der Waals surface area contributed by atoms with Crippen LogP contribution < -0.4 is 0 Å². The van der Waals surface area contributed by atoms with Crippen LogP contribution in [0.25, 0.3) is 0 Å². The zero-order chi connectivity index (χ0) is 20.4. The van der Waals surface area contributed by atoms with E-state index >= 15 is 0 Å². The lowest BCUT2D eigenvalue weighted by molar-refractivity contribution is 0.0477. The van der Waals surface area contributed by atoms with Gasteiger partial charge < -0.3 is 9.53 Å². The first kappa shape index (κ1) is 23.0. The Morgan fingerprint density at radius 3 is 2.56 bits per heavy atom. The van der Waals surface area contributed by atoms with E-state index in [1.54, 1.807) is 11.3 Å². The third-order valence-electron chi connectivity index (χ3n) is 5.93. The number of thiazole rings is 1. The van der Waals surface area contributed by atoms with E-state index in [2.05, 4.69) is 62.5 Å². The van der Waals surface area contributed by atoms with Gasteiger partial charge in [0.05, 0.1) is 12.2 Å². The van der Waals surface area contributed by atoms with E-state index in [9.17, 15) is 5.11 Å². The average Bonchev–Trinajstić information content (AvgIpc) is 2.96. The summed E-state index contributed by atoms with van der Waals surface area (Å²) in [6.07, 6.45) is 1.83. The first-order chi connectivity index (χ1) is 12.4. The van der Waals surface area contributed by atoms with Crippen LogP contribution in [0.4, 0.5) is 0 Å². The van der Waals surface area contributed by atoms with Crippen LogP contribution in [0.15, 0.2) is 6.20 Å². The normalized spacial score (nSPS) is 22.8. The van der Waals surface area contributed by atoms with Gasteiger partial charge in [0.1, 0.15) is 5.01 Å². The van der Waals surface area contributed by atoms with Gasteiger partial charge >= 0.3 is 0 Å². The summed E-state index contributed by atoms with van der Waals surface area (Å²) in [6.45, 7) is 22.5. The summed E-state index contributed by atoms with van der Waals surface area (Å²) >= 11 is 1.79. The quantitative estimate of drug-likeness (QED) is 0.682. The summed E-state index contributed by atoms with van der Waals surface area (Å²) in [5.41, 5.74) is 0. The Balaban J connectivity index is 1.92. The van der Waals surface area contributed by atoms with Gasteiger partial charge in [-0.2, -0.15) is 0 Å². The third-order valence-corrected chi connectivity index (χ3v) is 11.6. The van der Waals surface area contributed by atoms with Crippen molar-refractivity contribution in [3.8, 4) is 0 Å². The molecule has 0 amide bonds. The van der Waals surface area contributed by atoms with E-state index in [1.165, 1.54) is 4.88 Å². The number of piperazine rings is 1. The summed E-state index contributed by atoms with van der Waals surface area (Å²) in [5, 5.41) is 10.9. The second-order valence-electron chi connectivity index (χ2n) is 9.61. The molecule has 156 valence electrons. The zero-order valence-corrected chi connectivity index (χ0v) is 20.3. The van der Waals surface area contributed by atoms with E-state index in [-0.39, 0.29) is 17.2 Å². The summed E-state index contributed by atoms with van der Waals surface area (Å²) < 4.78 is 6.51. The second-order valence-corrected chi connectivity index (χ2v) is 15.5. The smallest absolute Gasteiger partial charge is 0.193 e. The number of aliphatic hydroxyl groups excluding tert-OH is 1. The highest BCUT2D eigenvalue weighted by Crippen LogP contribution is 2.40. The third kappa shape index (κ3) is 6.34. The molecule has 0 unspecified atom stereocenters. The van der Waals surface area contributed by atoms with Crippen molar-refractivity contribution in [2.45, 2.75) is 84.5 Å². The van der Waals surface area contributed by atoms with E-state index in [0.717, 1.165) is 37.7 Å². The molecular weight excluding hydrogens is 374 g/mol. The van der Waals surface area contributed by atoms with Crippen molar-refractivity contribution >= 4 is 19.7 Å². The van der Waals surface area contributed by atoms with Crippen molar-refractivity contribution in [2.24, 2.45) is 0 Å². The number of hydrogen-bond acceptors (Lipinski definition) is 6. The molecule has 0 spiro atoms. The Morgan fingerprint density at radius 2 is 2.00 bits per heavy atom. The standard InChI is InChI=1S/C20H39N3O2SSi/c1-15-12-22(13-16(2)24)9-10-23(15)14-18-11-21-19(26-18)17(3)25-27(7,8)20(4,5)6/h11,15-17,24H,9-10,12-14H2,1-8H3/t15-,16+,17+/m1/s1. The average molecular weight is 414 g/mol. The number of nitrogens with zero attached hydrogens (tertiary/aromatic N) is 3. The fraction of sp³-hybridized carbons (Fsp3) is 0.850. The predicted molar refractivity (Wildman–Crippen MR) is 117 cm³/mol. The van der Waals surface area contributed by atoms with Gasteiger partial charge in [-0.1, -0.05) is 20.8 Å². The molecule has 7 heteroatoms. The molecule has 1 N–H and O–H groups in total. The minimum absolute atomic E-state index is 0.0601. The van der Waals surface area contributed by atoms with Gasteiger partial charge in [-0.3, -0.25) is 9.80 Å². The van der Waals surface area contributed by atoms with Crippen LogP contribution in [-0.2, 0) is 11.0 Å². The predicted octanol–water partition coefficient (Wildman–Crippen LogP) is 4.11. The lowest BCUT2D eigenvalue weighted by Crippen LogP contribution is -2.52. The van der Waals surface area contributed by atoms with Crippen LogP contribution in [0.2, 0.25) is 18.1 Å². The highest BCUT2D eigenvalue weighted by molar-refractivity contribution is 7.11. The first-order valence-corrected chi connectivity index (χ1v) is 13.9. The Morgan fingerprint density at radius 1 is 1.33 bits per heavy atom. The Hall–Kier alpha value is -0.313. The molecule has 1 aromatic heterocycles. The van der Waals surface area contributed by atoms with E-state index in [0.29, 0.717) is 6.04 Å². The largest absolute Gasteiger partial charge is 0.408 e. The fourth-order valence-corrected chi connectivity index (χ4v) is 5.66. The van der Waals surface area contributed by atoms with E-state index in [4.69, 9.17) is 4.43 Å². The minimum Gasteiger partial charge on any atom is -0.408 e. The number of hydrogen-bond donors (Lipinski definition) is 1. The molecule has 2 rings (SSSR count). The van der Waals surface area contributed by atoms with Crippen molar-refractivity contribution in [1.82, 2.24) is 14.8 Å². The molecule has 0 bridgehead atoms. The Bertz CT molecular complexity index is 600.